The Kier molecular flexibility index (Phi) is 4.74. The van der Waals surface area contributed by atoms with Gasteiger partial charge in [-0.3, -0.25) is 19.4 Å². The van der Waals surface area contributed by atoms with Crippen LogP contribution in [0.1, 0.15) is 26.7 Å². The Hall–Kier alpha value is -2.44. The molecule has 0 bridgehead atoms. The van der Waals surface area contributed by atoms with Gasteiger partial charge in [-0.2, -0.15) is 0 Å². The van der Waals surface area contributed by atoms with Gasteiger partial charge in [0, 0.05) is 18.8 Å². The van der Waals surface area contributed by atoms with Crippen LogP contribution in [-0.4, -0.2) is 53.3 Å². The number of benzene rings is 1. The van der Waals surface area contributed by atoms with Gasteiger partial charge in [0.2, 0.25) is 5.91 Å². The number of nitrogens with zero attached hydrogens (tertiary/aromatic N) is 3. The van der Waals surface area contributed by atoms with Crippen LogP contribution in [0.25, 0.3) is 0 Å². The van der Waals surface area contributed by atoms with Crippen molar-refractivity contribution in [1.29, 1.82) is 0 Å². The van der Waals surface area contributed by atoms with E-state index in [1.54, 1.807) is 11.8 Å². The van der Waals surface area contributed by atoms with Crippen molar-refractivity contribution in [3.05, 3.63) is 30.1 Å². The maximum absolute atomic E-state index is 13.1. The summed E-state index contributed by atoms with van der Waals surface area (Å²) in [5.41, 5.74) is 0.439. The van der Waals surface area contributed by atoms with E-state index < -0.39 is 23.8 Å². The smallest absolute Gasteiger partial charge is 0.332 e. The molecule has 0 spiro atoms. The lowest BCUT2D eigenvalue weighted by molar-refractivity contribution is -0.138. The van der Waals surface area contributed by atoms with Gasteiger partial charge < -0.3 is 4.90 Å². The second-order valence-electron chi connectivity index (χ2n) is 6.79. The number of rotatable bonds is 3. The third-order valence-electron chi connectivity index (χ3n) is 4.98. The number of anilines is 1. The molecular weight excluding hydrogens is 325 g/mol. The van der Waals surface area contributed by atoms with E-state index in [0.717, 1.165) is 17.7 Å². The van der Waals surface area contributed by atoms with Gasteiger partial charge in [0.15, 0.2) is 0 Å². The number of piperidine rings is 1. The standard InChI is InChI=1S/C18H22FN3O3/c1-12-7-9-20(10-8-12)16(23)11-21-17(24)13(2)22(18(21)25)15-5-3-14(19)4-6-15/h3-6,12-13H,7-11H2,1-2H3/t13-/m0/s1. The van der Waals surface area contributed by atoms with Crippen molar-refractivity contribution in [1.82, 2.24) is 9.80 Å². The van der Waals surface area contributed by atoms with Crippen molar-refractivity contribution in [3.63, 3.8) is 0 Å². The van der Waals surface area contributed by atoms with Crippen molar-refractivity contribution in [3.8, 4) is 0 Å². The van der Waals surface area contributed by atoms with E-state index in [1.807, 2.05) is 0 Å². The molecule has 0 aliphatic carbocycles. The van der Waals surface area contributed by atoms with Crippen LogP contribution in [0.15, 0.2) is 24.3 Å². The normalized spacial score (nSPS) is 22.0. The molecule has 3 rings (SSSR count). The van der Waals surface area contributed by atoms with E-state index in [1.165, 1.54) is 29.2 Å². The van der Waals surface area contributed by atoms with E-state index in [2.05, 4.69) is 6.92 Å². The quantitative estimate of drug-likeness (QED) is 0.788. The van der Waals surface area contributed by atoms with Gasteiger partial charge in [-0.05, 0) is 49.9 Å². The zero-order valence-electron chi connectivity index (χ0n) is 14.4. The van der Waals surface area contributed by atoms with Gasteiger partial charge in [-0.1, -0.05) is 6.92 Å². The third kappa shape index (κ3) is 3.36. The fraction of sp³-hybridized carbons (Fsp3) is 0.500. The summed E-state index contributed by atoms with van der Waals surface area (Å²) in [6.07, 6.45) is 1.87. The molecular formula is C18H22FN3O3. The van der Waals surface area contributed by atoms with E-state index in [-0.39, 0.29) is 12.5 Å². The highest BCUT2D eigenvalue weighted by molar-refractivity contribution is 6.15. The van der Waals surface area contributed by atoms with Crippen molar-refractivity contribution < 1.29 is 18.8 Å². The molecule has 1 aromatic rings. The first-order valence-corrected chi connectivity index (χ1v) is 8.56. The van der Waals surface area contributed by atoms with E-state index >= 15 is 0 Å². The number of hydrogen-bond acceptors (Lipinski definition) is 3. The summed E-state index contributed by atoms with van der Waals surface area (Å²) in [7, 11) is 0. The Morgan fingerprint density at radius 3 is 2.32 bits per heavy atom. The molecule has 1 atom stereocenters. The van der Waals surface area contributed by atoms with Gasteiger partial charge >= 0.3 is 6.03 Å². The Balaban J connectivity index is 1.72. The second kappa shape index (κ2) is 6.82. The highest BCUT2D eigenvalue weighted by atomic mass is 19.1. The molecule has 2 aliphatic rings. The monoisotopic (exact) mass is 347 g/mol. The molecule has 4 amide bonds. The number of imide groups is 1. The molecule has 6 nitrogen and oxygen atoms in total. The van der Waals surface area contributed by atoms with Gasteiger partial charge in [0.05, 0.1) is 0 Å². The Labute approximate surface area is 146 Å². The average molecular weight is 347 g/mol. The molecule has 2 fully saturated rings. The zero-order valence-corrected chi connectivity index (χ0v) is 14.4. The molecule has 2 heterocycles. The number of hydrogen-bond donors (Lipinski definition) is 0. The summed E-state index contributed by atoms with van der Waals surface area (Å²) in [5.74, 6) is -0.441. The summed E-state index contributed by atoms with van der Waals surface area (Å²) in [6, 6.07) is 4.13. The largest absolute Gasteiger partial charge is 0.341 e. The van der Waals surface area contributed by atoms with Gasteiger partial charge in [0.25, 0.3) is 5.91 Å². The highest BCUT2D eigenvalue weighted by Gasteiger charge is 2.44. The summed E-state index contributed by atoms with van der Waals surface area (Å²) in [6.45, 7) is 4.84. The lowest BCUT2D eigenvalue weighted by atomic mass is 9.99. The molecule has 0 aromatic heterocycles. The maximum atomic E-state index is 13.1. The lowest BCUT2D eigenvalue weighted by Gasteiger charge is -2.31. The molecule has 7 heteroatoms. The van der Waals surface area contributed by atoms with Crippen LogP contribution in [0.5, 0.6) is 0 Å². The average Bonchev–Trinajstić information content (AvgIpc) is 2.80. The summed E-state index contributed by atoms with van der Waals surface area (Å²) < 4.78 is 13.1. The number of amides is 4. The first kappa shape index (κ1) is 17.4. The van der Waals surface area contributed by atoms with Crippen LogP contribution in [0, 0.1) is 11.7 Å². The second-order valence-corrected chi connectivity index (χ2v) is 6.79. The summed E-state index contributed by atoms with van der Waals surface area (Å²) in [4.78, 5) is 41.6. The predicted octanol–water partition coefficient (Wildman–Crippen LogP) is 2.24. The topological polar surface area (TPSA) is 60.9 Å². The minimum atomic E-state index is -0.716. The van der Waals surface area contributed by atoms with E-state index in [0.29, 0.717) is 24.7 Å². The van der Waals surface area contributed by atoms with Crippen LogP contribution in [-0.2, 0) is 9.59 Å². The van der Waals surface area contributed by atoms with Gasteiger partial charge in [0.1, 0.15) is 18.4 Å². The summed E-state index contributed by atoms with van der Waals surface area (Å²) >= 11 is 0. The lowest BCUT2D eigenvalue weighted by Crippen LogP contribution is -2.46. The predicted molar refractivity (Wildman–Crippen MR) is 90.4 cm³/mol. The fourth-order valence-electron chi connectivity index (χ4n) is 3.30. The number of urea groups is 1. The molecule has 1 aromatic carbocycles. The van der Waals surface area contributed by atoms with Crippen LogP contribution >= 0.6 is 0 Å². The van der Waals surface area contributed by atoms with Crippen LogP contribution in [0.2, 0.25) is 0 Å². The zero-order chi connectivity index (χ0) is 18.1. The van der Waals surface area contributed by atoms with Gasteiger partial charge in [-0.25, -0.2) is 9.18 Å². The molecule has 2 saturated heterocycles. The molecule has 134 valence electrons. The van der Waals surface area contributed by atoms with Crippen LogP contribution < -0.4 is 4.90 Å². The molecule has 2 aliphatic heterocycles. The molecule has 0 N–H and O–H groups in total. The van der Waals surface area contributed by atoms with Crippen LogP contribution in [0.3, 0.4) is 0 Å². The number of carbonyl (C=O) groups is 3. The molecule has 0 saturated carbocycles. The van der Waals surface area contributed by atoms with Crippen molar-refractivity contribution >= 4 is 23.5 Å². The van der Waals surface area contributed by atoms with Crippen molar-refractivity contribution in [2.75, 3.05) is 24.5 Å². The minimum absolute atomic E-state index is 0.207. The Bertz CT molecular complexity index is 683. The Morgan fingerprint density at radius 1 is 1.12 bits per heavy atom. The maximum Gasteiger partial charge on any atom is 0.332 e. The van der Waals surface area contributed by atoms with E-state index in [9.17, 15) is 18.8 Å². The number of carbonyl (C=O) groups excluding carboxylic acids is 3. The first-order valence-electron chi connectivity index (χ1n) is 8.56. The van der Waals surface area contributed by atoms with Crippen molar-refractivity contribution in [2.45, 2.75) is 32.7 Å². The first-order chi connectivity index (χ1) is 11.9. The van der Waals surface area contributed by atoms with Crippen molar-refractivity contribution in [2.24, 2.45) is 5.92 Å². The van der Waals surface area contributed by atoms with Gasteiger partial charge in [-0.15, -0.1) is 0 Å². The van der Waals surface area contributed by atoms with Crippen LogP contribution in [0.4, 0.5) is 14.9 Å². The van der Waals surface area contributed by atoms with E-state index in [4.69, 9.17) is 0 Å². The minimum Gasteiger partial charge on any atom is -0.341 e. The fourth-order valence-corrected chi connectivity index (χ4v) is 3.30. The third-order valence-corrected chi connectivity index (χ3v) is 4.98. The number of halogens is 1. The SMILES string of the molecule is CC1CCN(C(=O)CN2C(=O)[C@H](C)N(c3ccc(F)cc3)C2=O)CC1. The highest BCUT2D eigenvalue weighted by Crippen LogP contribution is 2.26. The summed E-state index contributed by atoms with van der Waals surface area (Å²) in [5, 5.41) is 0. The Morgan fingerprint density at radius 2 is 1.72 bits per heavy atom. The molecule has 0 unspecified atom stereocenters. The molecule has 0 radical (unpaired) electrons. The number of likely N-dealkylation sites (tertiary alicyclic amines) is 1. The molecule has 25 heavy (non-hydrogen) atoms.